The number of nitrogens with zero attached hydrogens (tertiary/aromatic N) is 4. The minimum Gasteiger partial charge on any atom is -0.246 e. The average molecular weight is 164 g/mol. The molecule has 0 N–H and O–H groups in total. The summed E-state index contributed by atoms with van der Waals surface area (Å²) in [5.74, 6) is 0.448. The highest BCUT2D eigenvalue weighted by atomic mass is 16.2. The lowest BCUT2D eigenvalue weighted by atomic mass is 10.7. The Morgan fingerprint density at radius 2 is 2.42 bits per heavy atom. The second kappa shape index (κ2) is 2.44. The maximum Gasteiger partial charge on any atom is 0.351 e. The quantitative estimate of drug-likeness (QED) is 0.592. The van der Waals surface area contributed by atoms with Crippen molar-refractivity contribution in [1.29, 1.82) is 0 Å². The van der Waals surface area contributed by atoms with E-state index < -0.39 is 0 Å². The second-order valence-electron chi connectivity index (χ2n) is 2.39. The zero-order valence-corrected chi connectivity index (χ0v) is 6.64. The molecule has 0 spiro atoms. The van der Waals surface area contributed by atoms with E-state index in [2.05, 4.69) is 10.1 Å². The monoisotopic (exact) mass is 164 g/mol. The van der Waals surface area contributed by atoms with Gasteiger partial charge in [-0.2, -0.15) is 0 Å². The number of rotatable bonds is 1. The number of hydrogen-bond donors (Lipinski definition) is 0. The molecule has 2 heterocycles. The summed E-state index contributed by atoms with van der Waals surface area (Å²) in [6, 6.07) is 1.70. The van der Waals surface area contributed by atoms with Gasteiger partial charge in [-0.3, -0.25) is 0 Å². The Hall–Kier alpha value is -1.65. The summed E-state index contributed by atoms with van der Waals surface area (Å²) in [7, 11) is 0. The fraction of sp³-hybridized carbons (Fsp3) is 0.286. The fourth-order valence-electron chi connectivity index (χ4n) is 1.07. The lowest BCUT2D eigenvalue weighted by Crippen LogP contribution is -2.19. The Morgan fingerprint density at radius 1 is 1.58 bits per heavy atom. The summed E-state index contributed by atoms with van der Waals surface area (Å²) in [6.07, 6.45) is 3.27. The van der Waals surface area contributed by atoms with Crippen molar-refractivity contribution >= 4 is 5.78 Å². The molecule has 2 aromatic rings. The van der Waals surface area contributed by atoms with Gasteiger partial charge in [-0.15, -0.1) is 5.10 Å². The molecule has 0 bridgehead atoms. The molecule has 0 fully saturated rings. The van der Waals surface area contributed by atoms with E-state index in [1.165, 1.54) is 9.08 Å². The molecule has 62 valence electrons. The molecule has 0 unspecified atom stereocenters. The van der Waals surface area contributed by atoms with Crippen LogP contribution >= 0.6 is 0 Å². The Balaban J connectivity index is 2.88. The highest BCUT2D eigenvalue weighted by Gasteiger charge is 2.03. The normalized spacial score (nSPS) is 10.8. The summed E-state index contributed by atoms with van der Waals surface area (Å²) in [6.45, 7) is 2.44. The van der Waals surface area contributed by atoms with Gasteiger partial charge in [0.05, 0.1) is 0 Å². The molecule has 0 atom stereocenters. The van der Waals surface area contributed by atoms with Crippen LogP contribution < -0.4 is 5.69 Å². The maximum absolute atomic E-state index is 11.4. The molecule has 0 saturated carbocycles. The van der Waals surface area contributed by atoms with E-state index in [-0.39, 0.29) is 5.69 Å². The van der Waals surface area contributed by atoms with E-state index in [4.69, 9.17) is 0 Å². The van der Waals surface area contributed by atoms with Gasteiger partial charge in [-0.05, 0) is 13.0 Å². The van der Waals surface area contributed by atoms with Gasteiger partial charge in [-0.25, -0.2) is 18.9 Å². The van der Waals surface area contributed by atoms with E-state index in [0.717, 1.165) is 0 Å². The molecule has 0 saturated heterocycles. The van der Waals surface area contributed by atoms with Crippen molar-refractivity contribution in [2.24, 2.45) is 0 Å². The van der Waals surface area contributed by atoms with Crippen molar-refractivity contribution in [1.82, 2.24) is 19.2 Å². The van der Waals surface area contributed by atoms with E-state index in [0.29, 0.717) is 12.3 Å². The zero-order valence-electron chi connectivity index (χ0n) is 6.64. The van der Waals surface area contributed by atoms with Crippen LogP contribution in [-0.4, -0.2) is 19.2 Å². The molecule has 5 nitrogen and oxygen atoms in total. The molecular weight excluding hydrogens is 156 g/mol. The van der Waals surface area contributed by atoms with Crippen LogP contribution in [0, 0.1) is 0 Å². The minimum absolute atomic E-state index is 0.138. The average Bonchev–Trinajstić information content (AvgIpc) is 2.44. The van der Waals surface area contributed by atoms with Crippen molar-refractivity contribution in [2.75, 3.05) is 0 Å². The van der Waals surface area contributed by atoms with Gasteiger partial charge in [-0.1, -0.05) is 0 Å². The molecule has 0 aromatic carbocycles. The molecule has 0 amide bonds. The third-order valence-corrected chi connectivity index (χ3v) is 1.66. The van der Waals surface area contributed by atoms with Crippen molar-refractivity contribution in [3.05, 3.63) is 28.9 Å². The largest absolute Gasteiger partial charge is 0.351 e. The molecule has 0 aliphatic rings. The van der Waals surface area contributed by atoms with E-state index in [1.54, 1.807) is 18.5 Å². The predicted molar refractivity (Wildman–Crippen MR) is 42.9 cm³/mol. The summed E-state index contributed by atoms with van der Waals surface area (Å²) in [5, 5.41) is 3.99. The molecule has 5 heteroatoms. The van der Waals surface area contributed by atoms with Crippen LogP contribution in [-0.2, 0) is 6.54 Å². The van der Waals surface area contributed by atoms with Gasteiger partial charge in [0, 0.05) is 18.9 Å². The lowest BCUT2D eigenvalue weighted by molar-refractivity contribution is 0.633. The third-order valence-electron chi connectivity index (χ3n) is 1.66. The topological polar surface area (TPSA) is 52.2 Å². The number of fused-ring (bicyclic) bond motifs is 1. The Morgan fingerprint density at radius 3 is 3.08 bits per heavy atom. The maximum atomic E-state index is 11.4. The first-order chi connectivity index (χ1) is 5.83. The van der Waals surface area contributed by atoms with Crippen molar-refractivity contribution < 1.29 is 0 Å². The molecular formula is C7H8N4O. The van der Waals surface area contributed by atoms with Crippen LogP contribution in [0.3, 0.4) is 0 Å². The van der Waals surface area contributed by atoms with Gasteiger partial charge in [0.15, 0.2) is 0 Å². The van der Waals surface area contributed by atoms with Crippen molar-refractivity contribution in [3.8, 4) is 0 Å². The van der Waals surface area contributed by atoms with Gasteiger partial charge in [0.25, 0.3) is 5.78 Å². The van der Waals surface area contributed by atoms with Crippen LogP contribution in [0.2, 0.25) is 0 Å². The zero-order chi connectivity index (χ0) is 8.55. The number of aromatic nitrogens is 4. The molecule has 0 aliphatic heterocycles. The van der Waals surface area contributed by atoms with E-state index >= 15 is 0 Å². The highest BCUT2D eigenvalue weighted by Crippen LogP contribution is 1.88. The van der Waals surface area contributed by atoms with Crippen molar-refractivity contribution in [2.45, 2.75) is 13.5 Å². The number of hydrogen-bond acceptors (Lipinski definition) is 3. The summed E-state index contributed by atoms with van der Waals surface area (Å²) >= 11 is 0. The Labute approximate surface area is 68.3 Å². The van der Waals surface area contributed by atoms with Gasteiger partial charge in [0.2, 0.25) is 0 Å². The first kappa shape index (κ1) is 7.02. The summed E-state index contributed by atoms with van der Waals surface area (Å²) in [4.78, 5) is 15.3. The molecule has 0 radical (unpaired) electrons. The molecule has 12 heavy (non-hydrogen) atoms. The van der Waals surface area contributed by atoms with Gasteiger partial charge >= 0.3 is 5.69 Å². The first-order valence-corrected chi connectivity index (χ1v) is 3.73. The predicted octanol–water partition coefficient (Wildman–Crippen LogP) is -0.0891. The van der Waals surface area contributed by atoms with E-state index in [9.17, 15) is 4.79 Å². The first-order valence-electron chi connectivity index (χ1n) is 3.73. The minimum atomic E-state index is -0.138. The summed E-state index contributed by atoms with van der Waals surface area (Å²) < 4.78 is 2.80. The Bertz CT molecular complexity index is 456. The lowest BCUT2D eigenvalue weighted by Gasteiger charge is -1.85. The van der Waals surface area contributed by atoms with Crippen LogP contribution in [0.5, 0.6) is 0 Å². The molecule has 2 aromatic heterocycles. The van der Waals surface area contributed by atoms with Crippen LogP contribution in [0.1, 0.15) is 6.92 Å². The van der Waals surface area contributed by atoms with Crippen LogP contribution in [0.15, 0.2) is 23.3 Å². The standard InChI is InChI=1S/C7H8N4O/c1-2-11-7(12)10-5-3-4-8-6(10)9-11/h3-5H,2H2,1H3. The second-order valence-corrected chi connectivity index (χ2v) is 2.39. The van der Waals surface area contributed by atoms with Crippen LogP contribution in [0.4, 0.5) is 0 Å². The number of aryl methyl sites for hydroxylation is 1. The molecule has 2 rings (SSSR count). The summed E-state index contributed by atoms with van der Waals surface area (Å²) in [5.41, 5.74) is -0.138. The van der Waals surface area contributed by atoms with Gasteiger partial charge in [0.1, 0.15) is 0 Å². The van der Waals surface area contributed by atoms with E-state index in [1.807, 2.05) is 6.92 Å². The smallest absolute Gasteiger partial charge is 0.246 e. The Kier molecular flexibility index (Phi) is 1.43. The van der Waals surface area contributed by atoms with Crippen LogP contribution in [0.25, 0.3) is 5.78 Å². The highest BCUT2D eigenvalue weighted by molar-refractivity contribution is 5.23. The SMILES string of the molecule is CCn1nc2ncccn2c1=O. The van der Waals surface area contributed by atoms with Crippen molar-refractivity contribution in [3.63, 3.8) is 0 Å². The third kappa shape index (κ3) is 0.827. The van der Waals surface area contributed by atoms with Gasteiger partial charge < -0.3 is 0 Å². The fourth-order valence-corrected chi connectivity index (χ4v) is 1.07. The molecule has 0 aliphatic carbocycles.